The Kier molecular flexibility index (Phi) is 2.43. The van der Waals surface area contributed by atoms with Gasteiger partial charge < -0.3 is 15.5 Å². The molecular formula is C13H16N2O2. The lowest BCUT2D eigenvalue weighted by Gasteiger charge is -2.44. The van der Waals surface area contributed by atoms with Crippen LogP contribution in [0.1, 0.15) is 23.6 Å². The van der Waals surface area contributed by atoms with E-state index in [4.69, 9.17) is 0 Å². The first-order valence-corrected chi connectivity index (χ1v) is 5.85. The molecule has 1 aliphatic heterocycles. The summed E-state index contributed by atoms with van der Waals surface area (Å²) in [5.41, 5.74) is 2.61. The summed E-state index contributed by atoms with van der Waals surface area (Å²) in [6.45, 7) is -0.291. The summed E-state index contributed by atoms with van der Waals surface area (Å²) in [5.74, 6) is 0. The lowest BCUT2D eigenvalue weighted by molar-refractivity contribution is 0.0960. The number of aliphatic hydroxyl groups is 2. The Labute approximate surface area is 100.0 Å². The molecule has 1 aliphatic carbocycles. The highest BCUT2D eigenvalue weighted by molar-refractivity contribution is 5.69. The van der Waals surface area contributed by atoms with Crippen molar-refractivity contribution in [2.24, 2.45) is 0 Å². The minimum Gasteiger partial charge on any atom is -0.392 e. The molecule has 0 amide bonds. The van der Waals surface area contributed by atoms with Crippen LogP contribution in [0.4, 0.5) is 5.69 Å². The molecule has 0 aromatic heterocycles. The van der Waals surface area contributed by atoms with E-state index in [1.54, 1.807) is 0 Å². The number of nitrogens with one attached hydrogen (secondary N) is 2. The predicted octanol–water partition coefficient (Wildman–Crippen LogP) is 0.841. The summed E-state index contributed by atoms with van der Waals surface area (Å²) in [7, 11) is 0. The van der Waals surface area contributed by atoms with Crippen LogP contribution in [0.3, 0.4) is 0 Å². The second-order valence-electron chi connectivity index (χ2n) is 4.67. The van der Waals surface area contributed by atoms with E-state index in [0.717, 1.165) is 12.1 Å². The van der Waals surface area contributed by atoms with E-state index in [9.17, 15) is 10.2 Å². The third-order valence-corrected chi connectivity index (χ3v) is 3.52. The molecule has 3 rings (SSSR count). The van der Waals surface area contributed by atoms with Crippen molar-refractivity contribution in [3.05, 3.63) is 35.4 Å². The smallest absolute Gasteiger partial charge is 0.136 e. The molecule has 1 aromatic rings. The lowest BCUT2D eigenvalue weighted by Crippen LogP contribution is -2.61. The molecule has 17 heavy (non-hydrogen) atoms. The first-order valence-electron chi connectivity index (χ1n) is 5.85. The third kappa shape index (κ3) is 1.57. The molecule has 0 saturated carbocycles. The van der Waals surface area contributed by atoms with E-state index in [-0.39, 0.29) is 19.3 Å². The molecule has 0 spiro atoms. The van der Waals surface area contributed by atoms with Crippen LogP contribution >= 0.6 is 0 Å². The van der Waals surface area contributed by atoms with Gasteiger partial charge in [-0.2, -0.15) is 0 Å². The van der Waals surface area contributed by atoms with Crippen LogP contribution in [-0.2, 0) is 0 Å². The zero-order valence-electron chi connectivity index (χ0n) is 9.48. The first-order chi connectivity index (χ1) is 8.28. The Bertz CT molecular complexity index is 466. The number of anilines is 1. The van der Waals surface area contributed by atoms with Crippen LogP contribution in [0.25, 0.3) is 6.08 Å². The van der Waals surface area contributed by atoms with Gasteiger partial charge in [0.05, 0.1) is 13.2 Å². The second-order valence-corrected chi connectivity index (χ2v) is 4.67. The van der Waals surface area contributed by atoms with Gasteiger partial charge in [-0.05, 0) is 23.6 Å². The van der Waals surface area contributed by atoms with Crippen molar-refractivity contribution in [1.29, 1.82) is 0 Å². The van der Waals surface area contributed by atoms with E-state index >= 15 is 0 Å². The number of rotatable bonds is 2. The van der Waals surface area contributed by atoms with Crippen LogP contribution in [0.5, 0.6) is 0 Å². The van der Waals surface area contributed by atoms with Gasteiger partial charge in [0.2, 0.25) is 0 Å². The molecule has 4 heteroatoms. The fourth-order valence-corrected chi connectivity index (χ4v) is 2.65. The average Bonchev–Trinajstić information content (AvgIpc) is 2.39. The van der Waals surface area contributed by atoms with Crippen molar-refractivity contribution >= 4 is 11.8 Å². The van der Waals surface area contributed by atoms with Crippen LogP contribution in [-0.4, -0.2) is 29.1 Å². The van der Waals surface area contributed by atoms with Gasteiger partial charge in [0, 0.05) is 11.7 Å². The van der Waals surface area contributed by atoms with Gasteiger partial charge in [0.15, 0.2) is 0 Å². The van der Waals surface area contributed by atoms with Crippen LogP contribution in [0.2, 0.25) is 0 Å². The third-order valence-electron chi connectivity index (χ3n) is 3.52. The maximum Gasteiger partial charge on any atom is 0.136 e. The highest BCUT2D eigenvalue weighted by Crippen LogP contribution is 2.39. The molecule has 0 saturated heterocycles. The minimum absolute atomic E-state index is 0.145. The van der Waals surface area contributed by atoms with Crippen LogP contribution in [0.15, 0.2) is 24.3 Å². The normalized spacial score (nSPS) is 24.0. The molecule has 1 aromatic carbocycles. The topological polar surface area (TPSA) is 64.5 Å². The van der Waals surface area contributed by atoms with Gasteiger partial charge in [-0.15, -0.1) is 0 Å². The molecule has 2 aliphatic rings. The molecule has 4 nitrogen and oxygen atoms in total. The standard InChI is InChI=1S/C13H16N2O2/c16-7-13(8-17)14-10-5-1-3-9-4-2-6-11(15-13)12(9)10/h1-5,11,14-17H,6-8H2. The fraction of sp³-hybridized carbons (Fsp3) is 0.385. The van der Waals surface area contributed by atoms with E-state index in [0.29, 0.717) is 0 Å². The van der Waals surface area contributed by atoms with E-state index < -0.39 is 5.66 Å². The van der Waals surface area contributed by atoms with Crippen molar-refractivity contribution in [2.45, 2.75) is 18.1 Å². The summed E-state index contributed by atoms with van der Waals surface area (Å²) in [4.78, 5) is 0. The Balaban J connectivity index is 2.10. The molecule has 1 heterocycles. The summed E-state index contributed by atoms with van der Waals surface area (Å²) >= 11 is 0. The molecule has 4 N–H and O–H groups in total. The van der Waals surface area contributed by atoms with E-state index in [2.05, 4.69) is 28.9 Å². The molecule has 1 unspecified atom stereocenters. The largest absolute Gasteiger partial charge is 0.392 e. The second kappa shape index (κ2) is 3.84. The molecular weight excluding hydrogens is 216 g/mol. The average molecular weight is 232 g/mol. The van der Waals surface area contributed by atoms with E-state index in [1.165, 1.54) is 11.1 Å². The van der Waals surface area contributed by atoms with Gasteiger partial charge in [0.1, 0.15) is 5.66 Å². The highest BCUT2D eigenvalue weighted by atomic mass is 16.3. The summed E-state index contributed by atoms with van der Waals surface area (Å²) < 4.78 is 0. The molecule has 90 valence electrons. The van der Waals surface area contributed by atoms with Crippen molar-refractivity contribution in [3.63, 3.8) is 0 Å². The van der Waals surface area contributed by atoms with Gasteiger partial charge in [-0.25, -0.2) is 0 Å². The van der Waals surface area contributed by atoms with Crippen molar-refractivity contribution < 1.29 is 10.2 Å². The Morgan fingerprint density at radius 3 is 2.88 bits per heavy atom. The van der Waals surface area contributed by atoms with E-state index in [1.807, 2.05) is 12.1 Å². The van der Waals surface area contributed by atoms with Gasteiger partial charge in [-0.1, -0.05) is 24.3 Å². The van der Waals surface area contributed by atoms with Crippen molar-refractivity contribution in [3.8, 4) is 0 Å². The van der Waals surface area contributed by atoms with Gasteiger partial charge in [0.25, 0.3) is 0 Å². The maximum absolute atomic E-state index is 9.46. The van der Waals surface area contributed by atoms with Gasteiger partial charge >= 0.3 is 0 Å². The van der Waals surface area contributed by atoms with Crippen LogP contribution < -0.4 is 10.6 Å². The zero-order chi connectivity index (χ0) is 11.9. The molecule has 1 atom stereocenters. The SMILES string of the molecule is OCC1(CO)Nc2cccc3c2C(CC=C3)N1. The Morgan fingerprint density at radius 2 is 2.12 bits per heavy atom. The van der Waals surface area contributed by atoms with Gasteiger partial charge in [-0.3, -0.25) is 5.32 Å². The zero-order valence-corrected chi connectivity index (χ0v) is 9.48. The first kappa shape index (κ1) is 10.8. The summed E-state index contributed by atoms with van der Waals surface area (Å²) in [6, 6.07) is 6.21. The summed E-state index contributed by atoms with van der Waals surface area (Å²) in [5, 5.41) is 25.4. The predicted molar refractivity (Wildman–Crippen MR) is 66.5 cm³/mol. The number of hydrogen-bond donors (Lipinski definition) is 4. The van der Waals surface area contributed by atoms with Crippen LogP contribution in [0, 0.1) is 0 Å². The summed E-state index contributed by atoms with van der Waals surface area (Å²) in [6.07, 6.45) is 5.12. The quantitative estimate of drug-likeness (QED) is 0.610. The monoisotopic (exact) mass is 232 g/mol. The maximum atomic E-state index is 9.46. The molecule has 0 radical (unpaired) electrons. The Hall–Kier alpha value is -1.36. The number of benzene rings is 1. The minimum atomic E-state index is -0.818. The number of hydrogen-bond acceptors (Lipinski definition) is 4. The van der Waals surface area contributed by atoms with Crippen molar-refractivity contribution in [2.75, 3.05) is 18.5 Å². The number of aliphatic hydroxyl groups excluding tert-OH is 2. The molecule has 0 fully saturated rings. The fourth-order valence-electron chi connectivity index (χ4n) is 2.65. The van der Waals surface area contributed by atoms with Crippen molar-refractivity contribution in [1.82, 2.24) is 5.32 Å². The highest BCUT2D eigenvalue weighted by Gasteiger charge is 2.38. The molecule has 0 bridgehead atoms. The Morgan fingerprint density at radius 1 is 1.29 bits per heavy atom. The lowest BCUT2D eigenvalue weighted by atomic mass is 9.87.